The summed E-state index contributed by atoms with van der Waals surface area (Å²) in [5, 5.41) is 13.7. The Balaban J connectivity index is 1.91. The number of aliphatic hydroxyl groups is 1. The van der Waals surface area contributed by atoms with Crippen LogP contribution in [0.15, 0.2) is 53.9 Å². The van der Waals surface area contributed by atoms with E-state index in [-0.39, 0.29) is 16.3 Å². The summed E-state index contributed by atoms with van der Waals surface area (Å²) < 4.78 is 41.3. The van der Waals surface area contributed by atoms with Gasteiger partial charge in [0.1, 0.15) is 0 Å². The van der Waals surface area contributed by atoms with Gasteiger partial charge in [-0.25, -0.2) is 0 Å². The first kappa shape index (κ1) is 16.3. The van der Waals surface area contributed by atoms with E-state index in [2.05, 4.69) is 5.10 Å². The monoisotopic (exact) mass is 337 g/mol. The third-order valence-corrected chi connectivity index (χ3v) is 3.79. The van der Waals surface area contributed by atoms with Gasteiger partial charge in [0.15, 0.2) is 0 Å². The summed E-state index contributed by atoms with van der Waals surface area (Å²) in [5.74, 6) is -1.01. The first-order valence-corrected chi connectivity index (χ1v) is 7.13. The molecule has 1 amide bonds. The second kappa shape index (κ2) is 5.48. The molecule has 8 heteroatoms. The van der Waals surface area contributed by atoms with Crippen molar-refractivity contribution in [3.63, 3.8) is 0 Å². The standard InChI is InChI=1S/C16H14F3N3O2/c1-11-10-15(24,16(17,18)19)22(20-11)14(23)12-4-6-13(7-5-12)21-8-2-3-9-21/h2-9,24H,10H2,1H3/t15-/m0/s1. The fourth-order valence-electron chi connectivity index (χ4n) is 2.56. The van der Waals surface area contributed by atoms with Crippen LogP contribution in [0, 0.1) is 0 Å². The zero-order valence-corrected chi connectivity index (χ0v) is 12.7. The van der Waals surface area contributed by atoms with Crippen molar-refractivity contribution in [3.05, 3.63) is 54.4 Å². The molecule has 0 fully saturated rings. The molecule has 1 atom stereocenters. The van der Waals surface area contributed by atoms with E-state index in [0.29, 0.717) is 0 Å². The molecule has 0 unspecified atom stereocenters. The van der Waals surface area contributed by atoms with E-state index in [1.165, 1.54) is 19.1 Å². The molecule has 0 saturated carbocycles. The lowest BCUT2D eigenvalue weighted by Gasteiger charge is -2.32. The molecule has 2 heterocycles. The van der Waals surface area contributed by atoms with Crippen molar-refractivity contribution in [3.8, 4) is 5.69 Å². The van der Waals surface area contributed by atoms with E-state index in [0.717, 1.165) is 5.69 Å². The van der Waals surface area contributed by atoms with Gasteiger partial charge < -0.3 is 9.67 Å². The van der Waals surface area contributed by atoms with E-state index < -0.39 is 24.2 Å². The van der Waals surface area contributed by atoms with Gasteiger partial charge in [-0.15, -0.1) is 0 Å². The van der Waals surface area contributed by atoms with Crippen LogP contribution in [0.1, 0.15) is 23.7 Å². The lowest BCUT2D eigenvalue weighted by atomic mass is 10.1. The van der Waals surface area contributed by atoms with Crippen LogP contribution in [-0.2, 0) is 0 Å². The van der Waals surface area contributed by atoms with Gasteiger partial charge in [-0.05, 0) is 43.3 Å². The number of hydrazone groups is 1. The minimum absolute atomic E-state index is 0.00651. The number of rotatable bonds is 2. The molecule has 0 radical (unpaired) electrons. The number of nitrogens with zero attached hydrogens (tertiary/aromatic N) is 3. The third kappa shape index (κ3) is 2.58. The Morgan fingerprint density at radius 3 is 2.33 bits per heavy atom. The molecule has 2 aromatic rings. The summed E-state index contributed by atoms with van der Waals surface area (Å²) in [6.07, 6.45) is -2.17. The molecule has 0 saturated heterocycles. The van der Waals surface area contributed by atoms with E-state index >= 15 is 0 Å². The molecule has 1 N–H and O–H groups in total. The Hall–Kier alpha value is -2.61. The molecule has 5 nitrogen and oxygen atoms in total. The van der Waals surface area contributed by atoms with Crippen molar-refractivity contribution < 1.29 is 23.1 Å². The summed E-state index contributed by atoms with van der Waals surface area (Å²) >= 11 is 0. The number of benzene rings is 1. The first-order chi connectivity index (χ1) is 11.2. The maximum Gasteiger partial charge on any atom is 0.438 e. The van der Waals surface area contributed by atoms with Crippen LogP contribution < -0.4 is 0 Å². The molecule has 0 spiro atoms. The van der Waals surface area contributed by atoms with Crippen LogP contribution in [0.5, 0.6) is 0 Å². The zero-order valence-electron chi connectivity index (χ0n) is 12.7. The Kier molecular flexibility index (Phi) is 3.71. The van der Waals surface area contributed by atoms with E-state index in [4.69, 9.17) is 0 Å². The van der Waals surface area contributed by atoms with Crippen molar-refractivity contribution >= 4 is 11.6 Å². The van der Waals surface area contributed by atoms with Gasteiger partial charge in [0.25, 0.3) is 11.6 Å². The summed E-state index contributed by atoms with van der Waals surface area (Å²) in [4.78, 5) is 12.4. The predicted octanol–water partition coefficient (Wildman–Crippen LogP) is 2.95. The summed E-state index contributed by atoms with van der Waals surface area (Å²) in [5.41, 5.74) is -2.52. The SMILES string of the molecule is CC1=NN(C(=O)c2ccc(-n3cccc3)cc2)[C@@](O)(C(F)(F)F)C1. The zero-order chi connectivity index (χ0) is 17.5. The number of halogens is 3. The number of carbonyl (C=O) groups is 1. The molecule has 1 aliphatic rings. The molecule has 1 aliphatic heterocycles. The highest BCUT2D eigenvalue weighted by molar-refractivity contribution is 5.98. The quantitative estimate of drug-likeness (QED) is 0.916. The number of aromatic nitrogens is 1. The largest absolute Gasteiger partial charge is 0.438 e. The molecule has 0 bridgehead atoms. The maximum absolute atomic E-state index is 13.2. The van der Waals surface area contributed by atoms with Gasteiger partial charge in [0.05, 0.1) is 0 Å². The predicted molar refractivity (Wildman–Crippen MR) is 80.7 cm³/mol. The third-order valence-electron chi connectivity index (χ3n) is 3.79. The number of hydrogen-bond donors (Lipinski definition) is 1. The summed E-state index contributed by atoms with van der Waals surface area (Å²) in [6, 6.07) is 9.66. The lowest BCUT2D eigenvalue weighted by molar-refractivity contribution is -0.297. The molecular weight excluding hydrogens is 323 g/mol. The van der Waals surface area contributed by atoms with Gasteiger partial charge >= 0.3 is 6.18 Å². The van der Waals surface area contributed by atoms with Crippen LogP contribution in [0.4, 0.5) is 13.2 Å². The van der Waals surface area contributed by atoms with Gasteiger partial charge in [-0.2, -0.15) is 23.3 Å². The molecular formula is C16H14F3N3O2. The Morgan fingerprint density at radius 2 is 1.79 bits per heavy atom. The maximum atomic E-state index is 13.2. The Bertz CT molecular complexity index is 782. The fraction of sp³-hybridized carbons (Fsp3) is 0.250. The number of alkyl halides is 3. The van der Waals surface area contributed by atoms with Crippen molar-refractivity contribution in [2.75, 3.05) is 0 Å². The average Bonchev–Trinajstić information content (AvgIpc) is 3.14. The molecule has 24 heavy (non-hydrogen) atoms. The summed E-state index contributed by atoms with van der Waals surface area (Å²) in [6.45, 7) is 1.33. The second-order valence-electron chi connectivity index (χ2n) is 5.58. The van der Waals surface area contributed by atoms with Gasteiger partial charge in [0, 0.05) is 35.8 Å². The topological polar surface area (TPSA) is 57.8 Å². The second-order valence-corrected chi connectivity index (χ2v) is 5.58. The molecule has 0 aliphatic carbocycles. The van der Waals surface area contributed by atoms with Crippen LogP contribution >= 0.6 is 0 Å². The summed E-state index contributed by atoms with van der Waals surface area (Å²) in [7, 11) is 0. The van der Waals surface area contributed by atoms with Gasteiger partial charge in [-0.1, -0.05) is 0 Å². The number of carbonyl (C=O) groups excluding carboxylic acids is 1. The minimum Gasteiger partial charge on any atom is -0.362 e. The average molecular weight is 337 g/mol. The van der Waals surface area contributed by atoms with E-state index in [1.807, 2.05) is 12.1 Å². The van der Waals surface area contributed by atoms with Crippen molar-refractivity contribution in [2.45, 2.75) is 25.2 Å². The smallest absolute Gasteiger partial charge is 0.362 e. The van der Waals surface area contributed by atoms with Crippen LogP contribution in [0.2, 0.25) is 0 Å². The fourth-order valence-corrected chi connectivity index (χ4v) is 2.56. The highest BCUT2D eigenvalue weighted by atomic mass is 19.4. The first-order valence-electron chi connectivity index (χ1n) is 7.13. The molecule has 3 rings (SSSR count). The number of amides is 1. The van der Waals surface area contributed by atoms with Crippen LogP contribution in [0.25, 0.3) is 5.69 Å². The van der Waals surface area contributed by atoms with Crippen molar-refractivity contribution in [2.24, 2.45) is 5.10 Å². The Labute approximate surface area is 135 Å². The van der Waals surface area contributed by atoms with Crippen molar-refractivity contribution in [1.29, 1.82) is 0 Å². The lowest BCUT2D eigenvalue weighted by Crippen LogP contribution is -2.56. The molecule has 126 valence electrons. The number of hydrogen-bond acceptors (Lipinski definition) is 3. The molecule has 1 aromatic carbocycles. The molecule has 1 aromatic heterocycles. The van der Waals surface area contributed by atoms with Crippen molar-refractivity contribution in [1.82, 2.24) is 9.58 Å². The Morgan fingerprint density at radius 1 is 1.21 bits per heavy atom. The highest BCUT2D eigenvalue weighted by Gasteiger charge is 2.62. The normalized spacial score (nSPS) is 21.0. The van der Waals surface area contributed by atoms with Gasteiger partial charge in [-0.3, -0.25) is 4.79 Å². The highest BCUT2D eigenvalue weighted by Crippen LogP contribution is 2.40. The van der Waals surface area contributed by atoms with E-state index in [1.54, 1.807) is 29.1 Å². The minimum atomic E-state index is -5.00. The van der Waals surface area contributed by atoms with E-state index in [9.17, 15) is 23.1 Å². The van der Waals surface area contributed by atoms with Crippen LogP contribution in [-0.4, -0.2) is 38.2 Å². The van der Waals surface area contributed by atoms with Crippen LogP contribution in [0.3, 0.4) is 0 Å². The van der Waals surface area contributed by atoms with Gasteiger partial charge in [0.2, 0.25) is 0 Å².